The number of hydrogen-bond acceptors (Lipinski definition) is 4. The van der Waals surface area contributed by atoms with Gasteiger partial charge >= 0.3 is 6.09 Å². The third-order valence-corrected chi connectivity index (χ3v) is 2.54. The summed E-state index contributed by atoms with van der Waals surface area (Å²) in [5.74, 6) is 0.255. The fraction of sp³-hybridized carbons (Fsp3) is 0.455. The van der Waals surface area contributed by atoms with Crippen molar-refractivity contribution in [1.82, 2.24) is 9.88 Å². The molecule has 1 aliphatic rings. The fourth-order valence-electron chi connectivity index (χ4n) is 1.68. The molecule has 16 heavy (non-hydrogen) atoms. The van der Waals surface area contributed by atoms with Crippen LogP contribution in [0.1, 0.15) is 19.3 Å². The third kappa shape index (κ3) is 2.49. The van der Waals surface area contributed by atoms with Gasteiger partial charge in [0.05, 0.1) is 0 Å². The number of hydrogen-bond donors (Lipinski definition) is 1. The van der Waals surface area contributed by atoms with Crippen LogP contribution in [-0.2, 0) is 0 Å². The molecule has 0 spiro atoms. The first kappa shape index (κ1) is 10.9. The average molecular weight is 222 g/mol. The van der Waals surface area contributed by atoms with Crippen LogP contribution in [0.5, 0.6) is 5.88 Å². The molecule has 2 heterocycles. The minimum atomic E-state index is -0.732. The van der Waals surface area contributed by atoms with E-state index in [4.69, 9.17) is 4.74 Å². The smallest absolute Gasteiger partial charge is 0.391 e. The molecule has 0 radical (unpaired) electrons. The van der Waals surface area contributed by atoms with E-state index in [0.29, 0.717) is 13.0 Å². The summed E-state index contributed by atoms with van der Waals surface area (Å²) in [6, 6.07) is 5.09. The van der Waals surface area contributed by atoms with E-state index in [1.54, 1.807) is 24.4 Å². The molecule has 1 aromatic heterocycles. The minimum Gasteiger partial charge on any atom is -0.391 e. The fourth-order valence-corrected chi connectivity index (χ4v) is 1.68. The Morgan fingerprint density at radius 2 is 2.38 bits per heavy atom. The van der Waals surface area contributed by atoms with Gasteiger partial charge in [0.2, 0.25) is 5.88 Å². The molecule has 0 aromatic carbocycles. The van der Waals surface area contributed by atoms with E-state index in [-0.39, 0.29) is 5.88 Å². The number of pyridine rings is 1. The molecule has 1 unspecified atom stereocenters. The molecule has 1 aliphatic heterocycles. The van der Waals surface area contributed by atoms with Crippen LogP contribution in [0.25, 0.3) is 0 Å². The quantitative estimate of drug-likeness (QED) is 0.779. The topological polar surface area (TPSA) is 62.7 Å². The van der Waals surface area contributed by atoms with Gasteiger partial charge in [-0.15, -0.1) is 0 Å². The second-order valence-corrected chi connectivity index (χ2v) is 3.71. The Kier molecular flexibility index (Phi) is 3.36. The Labute approximate surface area is 93.7 Å². The van der Waals surface area contributed by atoms with E-state index in [1.165, 1.54) is 4.90 Å². The first-order valence-electron chi connectivity index (χ1n) is 5.35. The van der Waals surface area contributed by atoms with Crippen molar-refractivity contribution in [2.75, 3.05) is 6.54 Å². The van der Waals surface area contributed by atoms with Gasteiger partial charge in [0, 0.05) is 18.8 Å². The summed E-state index contributed by atoms with van der Waals surface area (Å²) in [7, 11) is 0. The van der Waals surface area contributed by atoms with Gasteiger partial charge in [-0.3, -0.25) is 4.90 Å². The zero-order valence-electron chi connectivity index (χ0n) is 8.87. The molecule has 1 fully saturated rings. The molecule has 86 valence electrons. The van der Waals surface area contributed by atoms with Crippen molar-refractivity contribution in [3.05, 3.63) is 24.4 Å². The zero-order valence-corrected chi connectivity index (χ0v) is 8.87. The number of aliphatic hydroxyl groups excluding tert-OH is 1. The highest BCUT2D eigenvalue weighted by atomic mass is 16.6. The van der Waals surface area contributed by atoms with Gasteiger partial charge in [0.25, 0.3) is 0 Å². The number of likely N-dealkylation sites (tertiary alicyclic amines) is 1. The summed E-state index contributed by atoms with van der Waals surface area (Å²) in [5, 5.41) is 9.62. The Bertz CT molecular complexity index is 356. The summed E-state index contributed by atoms with van der Waals surface area (Å²) in [6.07, 6.45) is 2.73. The standard InChI is InChI=1S/C11H14N2O3/c14-10-6-2-4-8-13(10)11(15)16-9-5-1-3-7-12-9/h1,3,5,7,10,14H,2,4,6,8H2. The van der Waals surface area contributed by atoms with Gasteiger partial charge in [-0.05, 0) is 25.3 Å². The molecule has 1 aromatic rings. The van der Waals surface area contributed by atoms with Crippen LogP contribution in [-0.4, -0.2) is 33.9 Å². The monoisotopic (exact) mass is 222 g/mol. The van der Waals surface area contributed by atoms with Crippen molar-refractivity contribution in [1.29, 1.82) is 0 Å². The molecule has 2 rings (SSSR count). The number of rotatable bonds is 1. The van der Waals surface area contributed by atoms with E-state index in [0.717, 1.165) is 12.8 Å². The largest absolute Gasteiger partial charge is 0.418 e. The number of ether oxygens (including phenoxy) is 1. The molecule has 5 nitrogen and oxygen atoms in total. The zero-order chi connectivity index (χ0) is 11.4. The van der Waals surface area contributed by atoms with Crippen molar-refractivity contribution in [2.24, 2.45) is 0 Å². The van der Waals surface area contributed by atoms with Crippen LogP contribution in [0.3, 0.4) is 0 Å². The van der Waals surface area contributed by atoms with E-state index in [1.807, 2.05) is 0 Å². The lowest BCUT2D eigenvalue weighted by molar-refractivity contribution is -0.00908. The van der Waals surface area contributed by atoms with Gasteiger partial charge in [0.15, 0.2) is 0 Å². The number of piperidine rings is 1. The first-order valence-corrected chi connectivity index (χ1v) is 5.35. The number of amides is 1. The Morgan fingerprint density at radius 1 is 1.50 bits per heavy atom. The first-order chi connectivity index (χ1) is 7.77. The van der Waals surface area contributed by atoms with E-state index in [9.17, 15) is 9.90 Å². The lowest BCUT2D eigenvalue weighted by atomic mass is 10.1. The summed E-state index contributed by atoms with van der Waals surface area (Å²) in [4.78, 5) is 16.9. The maximum atomic E-state index is 11.7. The molecular formula is C11H14N2O3. The van der Waals surface area contributed by atoms with E-state index in [2.05, 4.69) is 4.98 Å². The Morgan fingerprint density at radius 3 is 3.06 bits per heavy atom. The lowest BCUT2D eigenvalue weighted by Gasteiger charge is -2.30. The van der Waals surface area contributed by atoms with E-state index < -0.39 is 12.3 Å². The molecule has 5 heteroatoms. The summed E-state index contributed by atoms with van der Waals surface area (Å²) < 4.78 is 5.04. The second kappa shape index (κ2) is 4.94. The predicted molar refractivity (Wildman–Crippen MR) is 56.8 cm³/mol. The van der Waals surface area contributed by atoms with Crippen molar-refractivity contribution < 1.29 is 14.6 Å². The molecule has 1 saturated heterocycles. The second-order valence-electron chi connectivity index (χ2n) is 3.71. The normalized spacial score (nSPS) is 20.6. The maximum Gasteiger partial charge on any atom is 0.418 e. The van der Waals surface area contributed by atoms with Crippen LogP contribution in [0.15, 0.2) is 24.4 Å². The number of nitrogens with zero attached hydrogens (tertiary/aromatic N) is 2. The summed E-state index contributed by atoms with van der Waals surface area (Å²) in [6.45, 7) is 0.535. The molecule has 0 saturated carbocycles. The maximum absolute atomic E-state index is 11.7. The highest BCUT2D eigenvalue weighted by molar-refractivity contribution is 5.70. The van der Waals surface area contributed by atoms with Crippen molar-refractivity contribution in [2.45, 2.75) is 25.5 Å². The minimum absolute atomic E-state index is 0.255. The van der Waals surface area contributed by atoms with Crippen molar-refractivity contribution >= 4 is 6.09 Å². The number of aromatic nitrogens is 1. The third-order valence-electron chi connectivity index (χ3n) is 2.54. The molecule has 0 bridgehead atoms. The molecular weight excluding hydrogens is 208 g/mol. The molecule has 0 aliphatic carbocycles. The van der Waals surface area contributed by atoms with Gasteiger partial charge in [-0.25, -0.2) is 9.78 Å². The number of carbonyl (C=O) groups is 1. The van der Waals surface area contributed by atoms with E-state index >= 15 is 0 Å². The van der Waals surface area contributed by atoms with Crippen LogP contribution < -0.4 is 4.74 Å². The Hall–Kier alpha value is -1.62. The lowest BCUT2D eigenvalue weighted by Crippen LogP contribution is -2.45. The summed E-state index contributed by atoms with van der Waals surface area (Å²) in [5.41, 5.74) is 0. The number of carbonyl (C=O) groups excluding carboxylic acids is 1. The summed E-state index contributed by atoms with van der Waals surface area (Å²) >= 11 is 0. The van der Waals surface area contributed by atoms with Crippen LogP contribution in [0, 0.1) is 0 Å². The van der Waals surface area contributed by atoms with Crippen molar-refractivity contribution in [3.8, 4) is 5.88 Å². The van der Waals surface area contributed by atoms with Gasteiger partial charge in [-0.1, -0.05) is 6.07 Å². The predicted octanol–water partition coefficient (Wildman–Crippen LogP) is 1.38. The van der Waals surface area contributed by atoms with Gasteiger partial charge in [-0.2, -0.15) is 0 Å². The molecule has 1 N–H and O–H groups in total. The van der Waals surface area contributed by atoms with Gasteiger partial charge < -0.3 is 9.84 Å². The highest BCUT2D eigenvalue weighted by Gasteiger charge is 2.26. The number of aliphatic hydroxyl groups is 1. The average Bonchev–Trinajstić information content (AvgIpc) is 2.31. The van der Waals surface area contributed by atoms with Crippen molar-refractivity contribution in [3.63, 3.8) is 0 Å². The molecule has 1 atom stereocenters. The van der Waals surface area contributed by atoms with Crippen LogP contribution in [0.2, 0.25) is 0 Å². The molecule has 1 amide bonds. The van der Waals surface area contributed by atoms with Crippen LogP contribution >= 0.6 is 0 Å². The Balaban J connectivity index is 1.97. The van der Waals surface area contributed by atoms with Crippen LogP contribution in [0.4, 0.5) is 4.79 Å². The van der Waals surface area contributed by atoms with Gasteiger partial charge in [0.1, 0.15) is 6.23 Å². The highest BCUT2D eigenvalue weighted by Crippen LogP contribution is 2.16. The SMILES string of the molecule is O=C(Oc1ccccn1)N1CCCCC1O.